The van der Waals surface area contributed by atoms with Crippen LogP contribution in [0.15, 0.2) is 29.3 Å². The largest absolute Gasteiger partial charge is 0.480 e. The standard InChI is InChI=1S/C10H12N2O2/c1-2-11-8-3-5-9(6-4-8)12-7-10(13)14/h2-6,12H,7H2,1H3,(H,13,14). The Morgan fingerprint density at radius 3 is 2.64 bits per heavy atom. The molecule has 0 fully saturated rings. The molecule has 1 aromatic rings. The smallest absolute Gasteiger partial charge is 0.322 e. The molecule has 0 amide bonds. The molecule has 1 aromatic carbocycles. The van der Waals surface area contributed by atoms with Gasteiger partial charge in [0.05, 0.1) is 5.69 Å². The maximum atomic E-state index is 10.3. The second kappa shape index (κ2) is 5.01. The summed E-state index contributed by atoms with van der Waals surface area (Å²) in [5.74, 6) is -0.874. The monoisotopic (exact) mass is 192 g/mol. The molecule has 0 aliphatic heterocycles. The van der Waals surface area contributed by atoms with Gasteiger partial charge in [-0.2, -0.15) is 0 Å². The molecule has 0 bridgehead atoms. The maximum absolute atomic E-state index is 10.3. The number of nitrogens with zero attached hydrogens (tertiary/aromatic N) is 1. The normalized spacial score (nSPS) is 10.4. The molecule has 1 rings (SSSR count). The fraction of sp³-hybridized carbons (Fsp3) is 0.200. The first-order chi connectivity index (χ1) is 6.72. The van der Waals surface area contributed by atoms with Crippen LogP contribution in [0.25, 0.3) is 0 Å². The van der Waals surface area contributed by atoms with E-state index in [2.05, 4.69) is 10.3 Å². The van der Waals surface area contributed by atoms with Crippen LogP contribution < -0.4 is 5.32 Å². The Labute approximate surface area is 82.3 Å². The maximum Gasteiger partial charge on any atom is 0.322 e. The van der Waals surface area contributed by atoms with E-state index >= 15 is 0 Å². The highest BCUT2D eigenvalue weighted by atomic mass is 16.4. The van der Waals surface area contributed by atoms with Crippen molar-refractivity contribution in [2.45, 2.75) is 6.92 Å². The molecule has 74 valence electrons. The lowest BCUT2D eigenvalue weighted by Gasteiger charge is -2.02. The van der Waals surface area contributed by atoms with Crippen molar-refractivity contribution in [3.8, 4) is 0 Å². The number of benzene rings is 1. The third-order valence-corrected chi connectivity index (χ3v) is 1.59. The van der Waals surface area contributed by atoms with Gasteiger partial charge in [-0.3, -0.25) is 9.79 Å². The summed E-state index contributed by atoms with van der Waals surface area (Å²) in [4.78, 5) is 14.3. The molecule has 0 radical (unpaired) electrons. The molecule has 4 nitrogen and oxygen atoms in total. The lowest BCUT2D eigenvalue weighted by Crippen LogP contribution is -2.11. The zero-order valence-electron chi connectivity index (χ0n) is 7.90. The summed E-state index contributed by atoms with van der Waals surface area (Å²) in [5.41, 5.74) is 1.64. The molecule has 0 aromatic heterocycles. The molecule has 0 saturated carbocycles. The van der Waals surface area contributed by atoms with E-state index in [0.717, 1.165) is 11.4 Å². The summed E-state index contributed by atoms with van der Waals surface area (Å²) in [7, 11) is 0. The Bertz CT molecular complexity index is 330. The van der Waals surface area contributed by atoms with E-state index in [1.165, 1.54) is 0 Å². The predicted octanol–water partition coefficient (Wildman–Crippen LogP) is 1.91. The van der Waals surface area contributed by atoms with Crippen LogP contribution in [-0.2, 0) is 4.79 Å². The zero-order chi connectivity index (χ0) is 10.4. The Balaban J connectivity index is 2.59. The first-order valence-electron chi connectivity index (χ1n) is 4.27. The van der Waals surface area contributed by atoms with Gasteiger partial charge in [-0.05, 0) is 31.2 Å². The molecule has 0 spiro atoms. The fourth-order valence-corrected chi connectivity index (χ4v) is 0.992. The number of carboxylic acid groups (broad SMARTS) is 1. The minimum absolute atomic E-state index is 0.0730. The van der Waals surface area contributed by atoms with Crippen molar-refractivity contribution in [3.63, 3.8) is 0 Å². The van der Waals surface area contributed by atoms with E-state index in [9.17, 15) is 4.79 Å². The topological polar surface area (TPSA) is 61.7 Å². The minimum atomic E-state index is -0.874. The molecule has 0 saturated heterocycles. The first-order valence-corrected chi connectivity index (χ1v) is 4.27. The molecule has 2 N–H and O–H groups in total. The van der Waals surface area contributed by atoms with E-state index in [1.54, 1.807) is 18.3 Å². The van der Waals surface area contributed by atoms with Gasteiger partial charge >= 0.3 is 5.97 Å². The van der Waals surface area contributed by atoms with Crippen LogP contribution in [0, 0.1) is 0 Å². The van der Waals surface area contributed by atoms with E-state index < -0.39 is 5.97 Å². The van der Waals surface area contributed by atoms with Gasteiger partial charge in [0.15, 0.2) is 0 Å². The summed E-state index contributed by atoms with van der Waals surface area (Å²) in [6, 6.07) is 7.24. The van der Waals surface area contributed by atoms with Crippen molar-refractivity contribution >= 4 is 23.6 Å². The van der Waals surface area contributed by atoms with Crippen molar-refractivity contribution in [2.75, 3.05) is 11.9 Å². The highest BCUT2D eigenvalue weighted by molar-refractivity contribution is 5.73. The van der Waals surface area contributed by atoms with Crippen LogP contribution >= 0.6 is 0 Å². The van der Waals surface area contributed by atoms with Gasteiger partial charge in [0.2, 0.25) is 0 Å². The van der Waals surface area contributed by atoms with Crippen molar-refractivity contribution in [3.05, 3.63) is 24.3 Å². The molecular weight excluding hydrogens is 180 g/mol. The quantitative estimate of drug-likeness (QED) is 0.716. The SMILES string of the molecule is CC=Nc1ccc(NCC(=O)O)cc1. The Hall–Kier alpha value is -1.84. The number of rotatable bonds is 4. The van der Waals surface area contributed by atoms with E-state index in [4.69, 9.17) is 5.11 Å². The number of aliphatic imine (C=N–C) groups is 1. The fourth-order valence-electron chi connectivity index (χ4n) is 0.992. The van der Waals surface area contributed by atoms with E-state index in [0.29, 0.717) is 0 Å². The number of carbonyl (C=O) groups is 1. The Kier molecular flexibility index (Phi) is 3.67. The second-order valence-electron chi connectivity index (χ2n) is 2.68. The van der Waals surface area contributed by atoms with Crippen LogP contribution in [0.4, 0.5) is 11.4 Å². The summed E-state index contributed by atoms with van der Waals surface area (Å²) in [6.07, 6.45) is 1.71. The molecule has 0 aliphatic carbocycles. The number of carboxylic acids is 1. The lowest BCUT2D eigenvalue weighted by atomic mass is 10.3. The highest BCUT2D eigenvalue weighted by Gasteiger charge is 1.96. The number of nitrogens with one attached hydrogen (secondary N) is 1. The van der Waals surface area contributed by atoms with Gasteiger partial charge in [-0.25, -0.2) is 0 Å². The predicted molar refractivity (Wildman–Crippen MR) is 56.4 cm³/mol. The zero-order valence-corrected chi connectivity index (χ0v) is 7.90. The van der Waals surface area contributed by atoms with Crippen LogP contribution in [0.5, 0.6) is 0 Å². The Morgan fingerprint density at radius 2 is 2.14 bits per heavy atom. The molecule has 0 heterocycles. The van der Waals surface area contributed by atoms with Crippen molar-refractivity contribution < 1.29 is 9.90 Å². The lowest BCUT2D eigenvalue weighted by molar-refractivity contribution is -0.134. The molecule has 0 atom stereocenters. The summed E-state index contributed by atoms with van der Waals surface area (Å²) < 4.78 is 0. The highest BCUT2D eigenvalue weighted by Crippen LogP contribution is 2.15. The van der Waals surface area contributed by atoms with Crippen molar-refractivity contribution in [1.29, 1.82) is 0 Å². The van der Waals surface area contributed by atoms with E-state index in [1.807, 2.05) is 19.1 Å². The van der Waals surface area contributed by atoms with Crippen molar-refractivity contribution in [2.24, 2.45) is 4.99 Å². The van der Waals surface area contributed by atoms with Gasteiger partial charge in [0.25, 0.3) is 0 Å². The average Bonchev–Trinajstić information content (AvgIpc) is 2.17. The summed E-state index contributed by atoms with van der Waals surface area (Å²) in [6.45, 7) is 1.77. The third kappa shape index (κ3) is 3.26. The number of aliphatic carboxylic acids is 1. The number of hydrogen-bond donors (Lipinski definition) is 2. The third-order valence-electron chi connectivity index (χ3n) is 1.59. The van der Waals surface area contributed by atoms with Gasteiger partial charge in [-0.15, -0.1) is 0 Å². The first kappa shape index (κ1) is 10.2. The van der Waals surface area contributed by atoms with Gasteiger partial charge in [0, 0.05) is 11.9 Å². The van der Waals surface area contributed by atoms with Crippen LogP contribution in [0.2, 0.25) is 0 Å². The van der Waals surface area contributed by atoms with Gasteiger partial charge in [0.1, 0.15) is 6.54 Å². The van der Waals surface area contributed by atoms with Crippen LogP contribution in [0.1, 0.15) is 6.92 Å². The molecule has 4 heteroatoms. The van der Waals surface area contributed by atoms with Gasteiger partial charge in [-0.1, -0.05) is 0 Å². The van der Waals surface area contributed by atoms with Gasteiger partial charge < -0.3 is 10.4 Å². The average molecular weight is 192 g/mol. The minimum Gasteiger partial charge on any atom is -0.480 e. The van der Waals surface area contributed by atoms with Crippen LogP contribution in [0.3, 0.4) is 0 Å². The molecule has 14 heavy (non-hydrogen) atoms. The molecule has 0 unspecified atom stereocenters. The molecule has 0 aliphatic rings. The summed E-state index contributed by atoms with van der Waals surface area (Å²) in [5, 5.41) is 11.2. The molecular formula is C10H12N2O2. The van der Waals surface area contributed by atoms with Crippen molar-refractivity contribution in [1.82, 2.24) is 0 Å². The number of anilines is 1. The van der Waals surface area contributed by atoms with E-state index in [-0.39, 0.29) is 6.54 Å². The van der Waals surface area contributed by atoms with Crippen LogP contribution in [-0.4, -0.2) is 23.8 Å². The number of hydrogen-bond acceptors (Lipinski definition) is 3. The second-order valence-corrected chi connectivity index (χ2v) is 2.68. The Morgan fingerprint density at radius 1 is 1.50 bits per heavy atom. The summed E-state index contributed by atoms with van der Waals surface area (Å²) >= 11 is 0.